The quantitative estimate of drug-likeness (QED) is 0.375. The molecule has 0 aromatic heterocycles. The van der Waals surface area contributed by atoms with Gasteiger partial charge in [0.1, 0.15) is 0 Å². The molecular weight excluding hydrogens is 88.1 g/mol. The normalized spacial score (nSPS) is 29.0. The van der Waals surface area contributed by atoms with Gasteiger partial charge in [0.25, 0.3) is 0 Å². The average Bonchev–Trinajstić information content (AvgIpc) is 2.42. The van der Waals surface area contributed by atoms with Crippen LogP contribution in [0.1, 0.15) is 13.3 Å². The first-order valence-electron chi connectivity index (χ1n) is 2.71. The van der Waals surface area contributed by atoms with Crippen LogP contribution in [0.2, 0.25) is 0 Å². The van der Waals surface area contributed by atoms with Crippen molar-refractivity contribution in [3.8, 4) is 0 Å². The third-order valence-corrected chi connectivity index (χ3v) is 0.946. The van der Waals surface area contributed by atoms with Gasteiger partial charge in [-0.25, -0.2) is 0 Å². The fraction of sp³-hybridized carbons (Fsp3) is 0.667. The topological polar surface area (TPSA) is 12.5 Å². The Morgan fingerprint density at radius 2 is 2.57 bits per heavy atom. The molecule has 1 heteroatoms. The SMILES string of the molecule is CCC=CC1CO1. The summed E-state index contributed by atoms with van der Waals surface area (Å²) in [7, 11) is 0. The predicted octanol–water partition coefficient (Wildman–Crippen LogP) is 1.35. The third kappa shape index (κ3) is 1.74. The highest BCUT2D eigenvalue weighted by Crippen LogP contribution is 2.09. The van der Waals surface area contributed by atoms with Crippen molar-refractivity contribution in [1.29, 1.82) is 0 Å². The lowest BCUT2D eigenvalue weighted by molar-refractivity contribution is 0.440. The van der Waals surface area contributed by atoms with E-state index in [1.165, 1.54) is 0 Å². The van der Waals surface area contributed by atoms with E-state index in [1.54, 1.807) is 0 Å². The van der Waals surface area contributed by atoms with Crippen molar-refractivity contribution < 1.29 is 4.74 Å². The van der Waals surface area contributed by atoms with E-state index in [4.69, 9.17) is 4.74 Å². The van der Waals surface area contributed by atoms with E-state index in [9.17, 15) is 0 Å². The summed E-state index contributed by atoms with van der Waals surface area (Å²) in [6.07, 6.45) is 5.84. The molecule has 1 saturated heterocycles. The van der Waals surface area contributed by atoms with Crippen LogP contribution >= 0.6 is 0 Å². The number of hydrogen-bond acceptors (Lipinski definition) is 1. The molecule has 0 aromatic carbocycles. The van der Waals surface area contributed by atoms with Crippen molar-refractivity contribution in [2.24, 2.45) is 0 Å². The number of allylic oxidation sites excluding steroid dienone is 1. The minimum Gasteiger partial charge on any atom is -0.369 e. The standard InChI is InChI=1S/C6H10O/c1-2-3-4-6-5-7-6/h3-4,6H,2,5H2,1H3. The second-order valence-electron chi connectivity index (χ2n) is 1.71. The van der Waals surface area contributed by atoms with Crippen molar-refractivity contribution in [3.05, 3.63) is 12.2 Å². The first kappa shape index (κ1) is 4.85. The minimum atomic E-state index is 0.472. The Balaban J connectivity index is 2.05. The van der Waals surface area contributed by atoms with E-state index in [1.807, 2.05) is 0 Å². The summed E-state index contributed by atoms with van der Waals surface area (Å²) in [6.45, 7) is 3.06. The average molecular weight is 98.1 g/mol. The lowest BCUT2D eigenvalue weighted by atomic mass is 10.3. The van der Waals surface area contributed by atoms with Gasteiger partial charge in [-0.2, -0.15) is 0 Å². The van der Waals surface area contributed by atoms with Crippen LogP contribution in [0.5, 0.6) is 0 Å². The van der Waals surface area contributed by atoms with Crippen molar-refractivity contribution in [2.75, 3.05) is 6.61 Å². The summed E-state index contributed by atoms with van der Waals surface area (Å²) in [4.78, 5) is 0. The molecule has 0 aromatic rings. The molecular formula is C6H10O. The molecule has 0 saturated carbocycles. The Morgan fingerprint density at radius 3 is 3.00 bits per heavy atom. The van der Waals surface area contributed by atoms with Crippen LogP contribution in [0.25, 0.3) is 0 Å². The number of epoxide rings is 1. The second-order valence-corrected chi connectivity index (χ2v) is 1.71. The maximum absolute atomic E-state index is 4.92. The van der Waals surface area contributed by atoms with Crippen LogP contribution in [0.3, 0.4) is 0 Å². The van der Waals surface area contributed by atoms with Crippen LogP contribution in [-0.2, 0) is 4.74 Å². The van der Waals surface area contributed by atoms with Crippen LogP contribution in [0.15, 0.2) is 12.2 Å². The molecule has 0 amide bonds. The Labute approximate surface area is 44.0 Å². The summed E-state index contributed by atoms with van der Waals surface area (Å²) < 4.78 is 4.92. The van der Waals surface area contributed by atoms with Gasteiger partial charge in [-0.05, 0) is 6.42 Å². The van der Waals surface area contributed by atoms with E-state index >= 15 is 0 Å². The zero-order valence-corrected chi connectivity index (χ0v) is 4.55. The van der Waals surface area contributed by atoms with Gasteiger partial charge in [0.2, 0.25) is 0 Å². The Morgan fingerprint density at radius 1 is 1.86 bits per heavy atom. The maximum Gasteiger partial charge on any atom is 0.0991 e. The van der Waals surface area contributed by atoms with E-state index in [-0.39, 0.29) is 0 Å². The van der Waals surface area contributed by atoms with Gasteiger partial charge in [0.05, 0.1) is 12.7 Å². The first-order valence-corrected chi connectivity index (χ1v) is 2.71. The molecule has 0 spiro atoms. The van der Waals surface area contributed by atoms with Gasteiger partial charge in [0, 0.05) is 0 Å². The number of rotatable bonds is 2. The number of ether oxygens (including phenoxy) is 1. The zero-order valence-electron chi connectivity index (χ0n) is 4.55. The zero-order chi connectivity index (χ0) is 5.11. The molecule has 1 heterocycles. The molecule has 0 radical (unpaired) electrons. The van der Waals surface area contributed by atoms with Crippen molar-refractivity contribution >= 4 is 0 Å². The molecule has 1 aliphatic heterocycles. The highest BCUT2D eigenvalue weighted by molar-refractivity contribution is 4.94. The Kier molecular flexibility index (Phi) is 1.47. The predicted molar refractivity (Wildman–Crippen MR) is 29.2 cm³/mol. The molecule has 0 N–H and O–H groups in total. The van der Waals surface area contributed by atoms with Crippen molar-refractivity contribution in [2.45, 2.75) is 19.4 Å². The molecule has 0 aliphatic carbocycles. The summed E-state index contributed by atoms with van der Waals surface area (Å²) in [5.41, 5.74) is 0. The fourth-order valence-electron chi connectivity index (χ4n) is 0.455. The Hall–Kier alpha value is -0.300. The van der Waals surface area contributed by atoms with Gasteiger partial charge in [-0.3, -0.25) is 0 Å². The molecule has 1 rings (SSSR count). The lowest BCUT2D eigenvalue weighted by Gasteiger charge is -1.73. The van der Waals surface area contributed by atoms with Crippen LogP contribution in [0, 0.1) is 0 Å². The number of hydrogen-bond donors (Lipinski definition) is 0. The smallest absolute Gasteiger partial charge is 0.0991 e. The summed E-state index contributed by atoms with van der Waals surface area (Å²) >= 11 is 0. The molecule has 0 bridgehead atoms. The van der Waals surface area contributed by atoms with E-state index < -0.39 is 0 Å². The minimum absolute atomic E-state index is 0.472. The second kappa shape index (κ2) is 2.12. The summed E-state index contributed by atoms with van der Waals surface area (Å²) in [5.74, 6) is 0. The van der Waals surface area contributed by atoms with Gasteiger partial charge in [-0.1, -0.05) is 19.1 Å². The molecule has 1 fully saturated rings. The van der Waals surface area contributed by atoms with E-state index in [2.05, 4.69) is 19.1 Å². The van der Waals surface area contributed by atoms with Gasteiger partial charge < -0.3 is 4.74 Å². The monoisotopic (exact) mass is 98.1 g/mol. The maximum atomic E-state index is 4.92. The van der Waals surface area contributed by atoms with Crippen molar-refractivity contribution in [3.63, 3.8) is 0 Å². The fourth-order valence-corrected chi connectivity index (χ4v) is 0.455. The summed E-state index contributed by atoms with van der Waals surface area (Å²) in [5, 5.41) is 0. The largest absolute Gasteiger partial charge is 0.369 e. The van der Waals surface area contributed by atoms with Crippen LogP contribution in [0.4, 0.5) is 0 Å². The molecule has 1 atom stereocenters. The van der Waals surface area contributed by atoms with Gasteiger partial charge in [-0.15, -0.1) is 0 Å². The molecule has 1 nitrogen and oxygen atoms in total. The Bertz CT molecular complexity index is 72.2. The molecule has 7 heavy (non-hydrogen) atoms. The first-order chi connectivity index (χ1) is 3.43. The molecule has 1 unspecified atom stereocenters. The third-order valence-electron chi connectivity index (χ3n) is 0.946. The molecule has 1 aliphatic rings. The van der Waals surface area contributed by atoms with Crippen LogP contribution < -0.4 is 0 Å². The highest BCUT2D eigenvalue weighted by atomic mass is 16.6. The van der Waals surface area contributed by atoms with Gasteiger partial charge >= 0.3 is 0 Å². The summed E-state index contributed by atoms with van der Waals surface area (Å²) in [6, 6.07) is 0. The highest BCUT2D eigenvalue weighted by Gasteiger charge is 2.17. The lowest BCUT2D eigenvalue weighted by Crippen LogP contribution is -1.70. The van der Waals surface area contributed by atoms with Gasteiger partial charge in [0.15, 0.2) is 0 Å². The van der Waals surface area contributed by atoms with Crippen molar-refractivity contribution in [1.82, 2.24) is 0 Å². The molecule has 40 valence electrons. The van der Waals surface area contributed by atoms with E-state index in [0.717, 1.165) is 13.0 Å². The van der Waals surface area contributed by atoms with E-state index in [0.29, 0.717) is 6.10 Å². The van der Waals surface area contributed by atoms with Crippen LogP contribution in [-0.4, -0.2) is 12.7 Å².